The molecular formula is C37H42F6N6O4. The van der Waals surface area contributed by atoms with Gasteiger partial charge in [0.15, 0.2) is 5.69 Å². The number of rotatable bonds is 6. The van der Waals surface area contributed by atoms with E-state index < -0.39 is 53.0 Å². The topological polar surface area (TPSA) is 119 Å². The fourth-order valence-corrected chi connectivity index (χ4v) is 10.9. The van der Waals surface area contributed by atoms with Gasteiger partial charge in [-0.25, -0.2) is 14.8 Å². The van der Waals surface area contributed by atoms with Gasteiger partial charge in [0.2, 0.25) is 5.95 Å². The third-order valence-corrected chi connectivity index (χ3v) is 13.1. The number of amides is 2. The summed E-state index contributed by atoms with van der Waals surface area (Å²) in [6, 6.07) is 4.99. The largest absolute Gasteiger partial charge is 0.479 e. The van der Waals surface area contributed by atoms with Gasteiger partial charge in [0, 0.05) is 55.6 Å². The van der Waals surface area contributed by atoms with E-state index in [9.17, 15) is 45.8 Å². The molecule has 0 radical (unpaired) electrons. The number of carboxylic acids is 1. The number of aliphatic carboxylic acids is 1. The molecule has 5 aliphatic carbocycles. The smallest absolute Gasteiger partial charge is 0.434 e. The maximum absolute atomic E-state index is 14.8. The molecule has 1 aromatic heterocycles. The maximum atomic E-state index is 14.8. The molecule has 10 nitrogen and oxygen atoms in total. The lowest BCUT2D eigenvalue weighted by atomic mass is 9.48. The van der Waals surface area contributed by atoms with Crippen LogP contribution >= 0.6 is 0 Å². The van der Waals surface area contributed by atoms with E-state index in [0.717, 1.165) is 50.3 Å². The van der Waals surface area contributed by atoms with Gasteiger partial charge >= 0.3 is 18.3 Å². The third kappa shape index (κ3) is 6.31. The quantitative estimate of drug-likeness (QED) is 0.337. The predicted octanol–water partition coefficient (Wildman–Crippen LogP) is 6.18. The number of nitrogens with zero attached hydrogens (tertiary/aromatic N) is 5. The second-order valence-electron chi connectivity index (χ2n) is 16.2. The summed E-state index contributed by atoms with van der Waals surface area (Å²) >= 11 is 0. The molecule has 286 valence electrons. The molecule has 0 unspecified atom stereocenters. The fourth-order valence-electron chi connectivity index (χ4n) is 10.9. The van der Waals surface area contributed by atoms with E-state index in [1.165, 1.54) is 9.80 Å². The Hall–Kier alpha value is -3.95. The number of hydrogen-bond acceptors (Lipinski definition) is 7. The summed E-state index contributed by atoms with van der Waals surface area (Å²) in [5, 5.41) is 13.1. The standard InChI is InChI=1S/C37H42F6N6O4/c38-35(39,40)20-47-8-10-48(11-9-47)31(51)23-4-5-28-27(17-23)34(6-2-1-3-7-34)19-49(28)33-44-18-26(29(45-33)37(41,42)43)30(50)46-36(32(52)53)24-13-21-12-22(15-24)16-25(36)14-21/h4-5,17-18,21-22,24-25H,1-3,6-16,19-20H2,(H,46,50)(H,52,53). The van der Waals surface area contributed by atoms with Crippen LogP contribution in [-0.4, -0.2) is 93.6 Å². The molecule has 6 fully saturated rings. The van der Waals surface area contributed by atoms with Gasteiger partial charge < -0.3 is 20.2 Å². The van der Waals surface area contributed by atoms with Crippen LogP contribution in [0.5, 0.6) is 0 Å². The first-order valence-electron chi connectivity index (χ1n) is 18.6. The van der Waals surface area contributed by atoms with E-state index in [2.05, 4.69) is 15.3 Å². The molecule has 1 aromatic carbocycles. The maximum Gasteiger partial charge on any atom is 0.434 e. The van der Waals surface area contributed by atoms with Gasteiger partial charge in [-0.2, -0.15) is 26.3 Å². The molecule has 2 aromatic rings. The van der Waals surface area contributed by atoms with Gasteiger partial charge in [-0.15, -0.1) is 0 Å². The summed E-state index contributed by atoms with van der Waals surface area (Å²) in [4.78, 5) is 52.8. The third-order valence-electron chi connectivity index (χ3n) is 13.1. The van der Waals surface area contributed by atoms with E-state index in [-0.39, 0.29) is 56.4 Å². The molecule has 16 heteroatoms. The van der Waals surface area contributed by atoms with Gasteiger partial charge in [0.05, 0.1) is 12.1 Å². The van der Waals surface area contributed by atoms with Crippen molar-refractivity contribution in [3.8, 4) is 0 Å². The van der Waals surface area contributed by atoms with Crippen molar-refractivity contribution >= 4 is 29.4 Å². The number of piperazine rings is 1. The molecule has 53 heavy (non-hydrogen) atoms. The zero-order chi connectivity index (χ0) is 37.5. The summed E-state index contributed by atoms with van der Waals surface area (Å²) in [5.41, 5.74) is -2.77. The summed E-state index contributed by atoms with van der Waals surface area (Å²) in [6.07, 6.45) is -0.906. The van der Waals surface area contributed by atoms with E-state index >= 15 is 0 Å². The van der Waals surface area contributed by atoms with Crippen LogP contribution < -0.4 is 10.2 Å². The number of halogens is 6. The number of aromatic nitrogens is 2. The molecular weight excluding hydrogens is 706 g/mol. The Bertz CT molecular complexity index is 1770. The van der Waals surface area contributed by atoms with Gasteiger partial charge in [-0.3, -0.25) is 14.5 Å². The zero-order valence-corrected chi connectivity index (χ0v) is 29.1. The van der Waals surface area contributed by atoms with Crippen LogP contribution in [0.3, 0.4) is 0 Å². The van der Waals surface area contributed by atoms with Crippen molar-refractivity contribution in [3.63, 3.8) is 0 Å². The Kier molecular flexibility index (Phi) is 8.73. The number of anilines is 2. The highest BCUT2D eigenvalue weighted by molar-refractivity contribution is 5.99. The summed E-state index contributed by atoms with van der Waals surface area (Å²) in [7, 11) is 0. The zero-order valence-electron chi connectivity index (χ0n) is 29.1. The number of benzene rings is 1. The highest BCUT2D eigenvalue weighted by atomic mass is 19.4. The van der Waals surface area contributed by atoms with Crippen LogP contribution in [-0.2, 0) is 16.4 Å². The van der Waals surface area contributed by atoms with Crippen molar-refractivity contribution in [1.29, 1.82) is 0 Å². The molecule has 2 N–H and O–H groups in total. The average Bonchev–Trinajstić information content (AvgIpc) is 3.40. The molecule has 9 rings (SSSR count). The monoisotopic (exact) mass is 748 g/mol. The first-order valence-corrected chi connectivity index (χ1v) is 18.6. The Balaban J connectivity index is 1.08. The molecule has 7 aliphatic rings. The Morgan fingerprint density at radius 3 is 2.11 bits per heavy atom. The normalized spacial score (nSPS) is 29.4. The SMILES string of the molecule is O=C(NC1(C(=O)O)C2CC3CC(C2)CC1C3)c1cnc(N2CC3(CCCCC3)c3cc(C(=O)N4CCN(CC(F)(F)F)CC4)ccc32)nc1C(F)(F)F. The molecule has 2 amide bonds. The predicted molar refractivity (Wildman–Crippen MR) is 179 cm³/mol. The van der Waals surface area contributed by atoms with Gasteiger partial charge in [-0.1, -0.05) is 19.3 Å². The van der Waals surface area contributed by atoms with Crippen molar-refractivity contribution in [3.05, 3.63) is 46.8 Å². The van der Waals surface area contributed by atoms with E-state index in [1.54, 1.807) is 23.1 Å². The Morgan fingerprint density at radius 1 is 0.887 bits per heavy atom. The van der Waals surface area contributed by atoms with Crippen molar-refractivity contribution in [2.24, 2.45) is 23.7 Å². The number of carbonyl (C=O) groups is 3. The number of carbonyl (C=O) groups excluding carboxylic acids is 2. The lowest BCUT2D eigenvalue weighted by molar-refractivity contribution is -0.163. The highest BCUT2D eigenvalue weighted by Gasteiger charge is 2.62. The second kappa shape index (κ2) is 12.8. The van der Waals surface area contributed by atoms with E-state index in [4.69, 9.17) is 0 Å². The summed E-state index contributed by atoms with van der Waals surface area (Å²) in [5.74, 6) is -2.97. The fraction of sp³-hybridized carbons (Fsp3) is 0.649. The van der Waals surface area contributed by atoms with E-state index in [1.807, 2.05) is 0 Å². The van der Waals surface area contributed by atoms with Crippen LogP contribution in [0.2, 0.25) is 0 Å². The number of carboxylic acid groups (broad SMARTS) is 1. The lowest BCUT2D eigenvalue weighted by Gasteiger charge is -2.59. The van der Waals surface area contributed by atoms with E-state index in [0.29, 0.717) is 48.8 Å². The Labute approximate surface area is 302 Å². The Morgan fingerprint density at radius 2 is 1.53 bits per heavy atom. The average molecular weight is 749 g/mol. The highest BCUT2D eigenvalue weighted by Crippen LogP contribution is 2.58. The van der Waals surface area contributed by atoms with Crippen LogP contribution in [0.25, 0.3) is 0 Å². The number of hydrogen-bond donors (Lipinski definition) is 2. The molecule has 0 atom stereocenters. The number of fused-ring (bicyclic) bond motifs is 2. The minimum absolute atomic E-state index is 0.0835. The van der Waals surface area contributed by atoms with Crippen molar-refractivity contribution in [2.75, 3.05) is 44.2 Å². The van der Waals surface area contributed by atoms with Gasteiger partial charge in [0.1, 0.15) is 5.54 Å². The second-order valence-corrected chi connectivity index (χ2v) is 16.2. The molecule has 3 heterocycles. The van der Waals surface area contributed by atoms with Crippen LogP contribution in [0.15, 0.2) is 24.4 Å². The molecule has 4 bridgehead atoms. The van der Waals surface area contributed by atoms with Crippen LogP contribution in [0, 0.1) is 23.7 Å². The summed E-state index contributed by atoms with van der Waals surface area (Å²) < 4.78 is 83.0. The number of nitrogens with one attached hydrogen (secondary N) is 1. The number of alkyl halides is 6. The van der Waals surface area contributed by atoms with Crippen molar-refractivity contribution < 1.29 is 45.8 Å². The molecule has 2 aliphatic heterocycles. The first-order chi connectivity index (χ1) is 25.1. The molecule has 5 saturated carbocycles. The van der Waals surface area contributed by atoms with Gasteiger partial charge in [0.25, 0.3) is 11.8 Å². The molecule has 1 saturated heterocycles. The van der Waals surface area contributed by atoms with Crippen LogP contribution in [0.4, 0.5) is 38.0 Å². The molecule has 1 spiro atoms. The first kappa shape index (κ1) is 36.0. The van der Waals surface area contributed by atoms with Crippen LogP contribution in [0.1, 0.15) is 96.2 Å². The van der Waals surface area contributed by atoms with Crippen molar-refractivity contribution in [1.82, 2.24) is 25.1 Å². The lowest BCUT2D eigenvalue weighted by Crippen LogP contribution is -2.70. The van der Waals surface area contributed by atoms with Gasteiger partial charge in [-0.05, 0) is 92.4 Å². The van der Waals surface area contributed by atoms with Crippen molar-refractivity contribution in [2.45, 2.75) is 87.5 Å². The minimum atomic E-state index is -5.06. The minimum Gasteiger partial charge on any atom is -0.479 e. The summed E-state index contributed by atoms with van der Waals surface area (Å²) in [6.45, 7) is -0.353.